The fraction of sp³-hybridized carbons (Fsp3) is 0.538. The Hall–Kier alpha value is -1.24. The molecular formula is C13H21N5S. The fourth-order valence-electron chi connectivity index (χ4n) is 2.31. The van der Waals surface area contributed by atoms with Gasteiger partial charge in [0.15, 0.2) is 0 Å². The van der Waals surface area contributed by atoms with Crippen molar-refractivity contribution in [2.24, 2.45) is 12.9 Å². The first-order valence-electron chi connectivity index (χ1n) is 6.45. The van der Waals surface area contributed by atoms with Gasteiger partial charge >= 0.3 is 0 Å². The van der Waals surface area contributed by atoms with E-state index in [1.807, 2.05) is 23.3 Å². The van der Waals surface area contributed by atoms with Crippen molar-refractivity contribution in [2.75, 3.05) is 0 Å². The van der Waals surface area contributed by atoms with Crippen molar-refractivity contribution in [3.63, 3.8) is 0 Å². The molecule has 2 aromatic heterocycles. The topological polar surface area (TPSA) is 68.8 Å². The number of nitrogens with two attached hydrogens (primary N) is 1. The van der Waals surface area contributed by atoms with E-state index in [1.165, 1.54) is 11.3 Å². The van der Waals surface area contributed by atoms with Crippen LogP contribution < -0.4 is 11.3 Å². The van der Waals surface area contributed by atoms with Gasteiger partial charge in [0.1, 0.15) is 0 Å². The lowest BCUT2D eigenvalue weighted by molar-refractivity contribution is 0.490. The largest absolute Gasteiger partial charge is 0.272 e. The molecule has 104 valence electrons. The number of rotatable bonds is 6. The first-order chi connectivity index (χ1) is 9.11. The lowest BCUT2D eigenvalue weighted by atomic mass is 10.0. The number of thiazole rings is 1. The lowest BCUT2D eigenvalue weighted by Gasteiger charge is -2.14. The summed E-state index contributed by atoms with van der Waals surface area (Å²) < 4.78 is 1.94. The molecule has 0 aromatic carbocycles. The van der Waals surface area contributed by atoms with E-state index < -0.39 is 0 Å². The van der Waals surface area contributed by atoms with Crippen LogP contribution in [0.25, 0.3) is 0 Å². The molecular weight excluding hydrogens is 258 g/mol. The van der Waals surface area contributed by atoms with E-state index in [0.29, 0.717) is 0 Å². The zero-order valence-electron chi connectivity index (χ0n) is 11.7. The Morgan fingerprint density at radius 1 is 1.47 bits per heavy atom. The summed E-state index contributed by atoms with van der Waals surface area (Å²) in [5.41, 5.74) is 6.59. The van der Waals surface area contributed by atoms with Crippen molar-refractivity contribution in [1.82, 2.24) is 20.2 Å². The molecule has 0 radical (unpaired) electrons. The minimum absolute atomic E-state index is 0.255. The van der Waals surface area contributed by atoms with Crippen LogP contribution in [0, 0.1) is 13.8 Å². The van der Waals surface area contributed by atoms with Crippen LogP contribution in [-0.2, 0) is 19.9 Å². The summed E-state index contributed by atoms with van der Waals surface area (Å²) in [5, 5.41) is 7.57. The summed E-state index contributed by atoms with van der Waals surface area (Å²) in [4.78, 5) is 4.30. The van der Waals surface area contributed by atoms with E-state index in [0.717, 1.165) is 30.0 Å². The van der Waals surface area contributed by atoms with Gasteiger partial charge in [-0.15, -0.1) is 11.3 Å². The highest BCUT2D eigenvalue weighted by Crippen LogP contribution is 2.16. The van der Waals surface area contributed by atoms with Crippen LogP contribution in [0.4, 0.5) is 0 Å². The molecule has 2 aromatic rings. The Bertz CT molecular complexity index is 517. The minimum atomic E-state index is 0.255. The van der Waals surface area contributed by atoms with Gasteiger partial charge in [-0.05, 0) is 32.3 Å². The van der Waals surface area contributed by atoms with Gasteiger partial charge in [-0.3, -0.25) is 16.0 Å². The maximum absolute atomic E-state index is 5.64. The van der Waals surface area contributed by atoms with Gasteiger partial charge in [-0.2, -0.15) is 5.10 Å². The third kappa shape index (κ3) is 3.40. The number of hydrazine groups is 1. The molecule has 6 heteroatoms. The van der Waals surface area contributed by atoms with Crippen molar-refractivity contribution in [2.45, 2.75) is 39.2 Å². The smallest absolute Gasteiger partial charge is 0.0940 e. The van der Waals surface area contributed by atoms with Crippen LogP contribution in [0.2, 0.25) is 0 Å². The van der Waals surface area contributed by atoms with Crippen LogP contribution >= 0.6 is 11.3 Å². The second-order valence-electron chi connectivity index (χ2n) is 4.81. The standard InChI is InChI=1S/C13H21N5S/c1-9-12(10(2)18(3)17-9)5-4-11(16-14)8-13-15-6-7-19-13/h6-7,11,16H,4-5,8,14H2,1-3H3. The van der Waals surface area contributed by atoms with Gasteiger partial charge in [0.05, 0.1) is 10.7 Å². The second kappa shape index (κ2) is 6.27. The van der Waals surface area contributed by atoms with E-state index in [4.69, 9.17) is 5.84 Å². The third-order valence-electron chi connectivity index (χ3n) is 3.54. The monoisotopic (exact) mass is 279 g/mol. The zero-order valence-corrected chi connectivity index (χ0v) is 12.5. The summed E-state index contributed by atoms with van der Waals surface area (Å²) in [6.45, 7) is 4.18. The molecule has 0 saturated carbocycles. The summed E-state index contributed by atoms with van der Waals surface area (Å²) in [6.07, 6.45) is 4.70. The van der Waals surface area contributed by atoms with E-state index >= 15 is 0 Å². The van der Waals surface area contributed by atoms with E-state index in [2.05, 4.69) is 29.4 Å². The predicted octanol–water partition coefficient (Wildman–Crippen LogP) is 1.50. The van der Waals surface area contributed by atoms with Crippen molar-refractivity contribution >= 4 is 11.3 Å². The molecule has 0 spiro atoms. The van der Waals surface area contributed by atoms with Crippen LogP contribution in [-0.4, -0.2) is 20.8 Å². The fourth-order valence-corrected chi connectivity index (χ4v) is 3.00. The SMILES string of the molecule is Cc1nn(C)c(C)c1CCC(Cc1nccs1)NN. The number of hydrogen-bond donors (Lipinski definition) is 2. The van der Waals surface area contributed by atoms with Crippen molar-refractivity contribution < 1.29 is 0 Å². The molecule has 0 aliphatic rings. The van der Waals surface area contributed by atoms with Gasteiger partial charge in [-0.1, -0.05) is 0 Å². The Balaban J connectivity index is 1.96. The average molecular weight is 279 g/mol. The summed E-state index contributed by atoms with van der Waals surface area (Å²) in [6, 6.07) is 0.255. The lowest BCUT2D eigenvalue weighted by Crippen LogP contribution is -2.37. The van der Waals surface area contributed by atoms with Crippen LogP contribution in [0.3, 0.4) is 0 Å². The Labute approximate surface area is 117 Å². The average Bonchev–Trinajstić information content (AvgIpc) is 2.97. The van der Waals surface area contributed by atoms with Crippen LogP contribution in [0.15, 0.2) is 11.6 Å². The predicted molar refractivity (Wildman–Crippen MR) is 77.9 cm³/mol. The quantitative estimate of drug-likeness (QED) is 0.621. The molecule has 5 nitrogen and oxygen atoms in total. The molecule has 1 unspecified atom stereocenters. The number of nitrogens with one attached hydrogen (secondary N) is 1. The van der Waals surface area contributed by atoms with E-state index in [9.17, 15) is 0 Å². The van der Waals surface area contributed by atoms with Crippen molar-refractivity contribution in [1.29, 1.82) is 0 Å². The summed E-state index contributed by atoms with van der Waals surface area (Å²) >= 11 is 1.68. The second-order valence-corrected chi connectivity index (χ2v) is 5.78. The minimum Gasteiger partial charge on any atom is -0.272 e. The van der Waals surface area contributed by atoms with Crippen LogP contribution in [0.5, 0.6) is 0 Å². The van der Waals surface area contributed by atoms with Crippen molar-refractivity contribution in [3.05, 3.63) is 33.5 Å². The zero-order chi connectivity index (χ0) is 13.8. The molecule has 0 amide bonds. The molecule has 3 N–H and O–H groups in total. The molecule has 0 aliphatic carbocycles. The Kier molecular flexibility index (Phi) is 4.68. The normalized spacial score (nSPS) is 12.8. The highest BCUT2D eigenvalue weighted by atomic mass is 32.1. The molecule has 0 saturated heterocycles. The number of hydrogen-bond acceptors (Lipinski definition) is 5. The van der Waals surface area contributed by atoms with E-state index in [1.54, 1.807) is 11.3 Å². The molecule has 0 aliphatic heterocycles. The third-order valence-corrected chi connectivity index (χ3v) is 4.34. The highest BCUT2D eigenvalue weighted by molar-refractivity contribution is 7.09. The van der Waals surface area contributed by atoms with Gasteiger partial charge in [-0.25, -0.2) is 4.98 Å². The molecule has 2 rings (SSSR count). The summed E-state index contributed by atoms with van der Waals surface area (Å²) in [5.74, 6) is 5.64. The molecule has 1 atom stereocenters. The molecule has 0 bridgehead atoms. The number of nitrogens with zero attached hydrogens (tertiary/aromatic N) is 3. The first-order valence-corrected chi connectivity index (χ1v) is 7.33. The Morgan fingerprint density at radius 3 is 2.79 bits per heavy atom. The maximum atomic E-state index is 5.64. The van der Waals surface area contributed by atoms with Gasteiger partial charge in [0, 0.05) is 36.8 Å². The first kappa shape index (κ1) is 14.2. The Morgan fingerprint density at radius 2 is 2.26 bits per heavy atom. The maximum Gasteiger partial charge on any atom is 0.0940 e. The van der Waals surface area contributed by atoms with Gasteiger partial charge < -0.3 is 0 Å². The van der Waals surface area contributed by atoms with Gasteiger partial charge in [0.25, 0.3) is 0 Å². The number of aryl methyl sites for hydroxylation is 2. The van der Waals surface area contributed by atoms with Crippen molar-refractivity contribution in [3.8, 4) is 0 Å². The molecule has 2 heterocycles. The summed E-state index contributed by atoms with van der Waals surface area (Å²) in [7, 11) is 1.99. The number of aromatic nitrogens is 3. The van der Waals surface area contributed by atoms with Crippen LogP contribution in [0.1, 0.15) is 28.4 Å². The highest BCUT2D eigenvalue weighted by Gasteiger charge is 2.14. The van der Waals surface area contributed by atoms with Gasteiger partial charge in [0.2, 0.25) is 0 Å². The molecule has 19 heavy (non-hydrogen) atoms. The molecule has 0 fully saturated rings. The van der Waals surface area contributed by atoms with E-state index in [-0.39, 0.29) is 6.04 Å².